The maximum absolute atomic E-state index is 12.2. The Morgan fingerprint density at radius 1 is 1.50 bits per heavy atom. The Labute approximate surface area is 114 Å². The normalized spacial score (nSPS) is 12.2. The van der Waals surface area contributed by atoms with Crippen LogP contribution in [-0.4, -0.2) is 36.4 Å². The van der Waals surface area contributed by atoms with Crippen molar-refractivity contribution in [2.24, 2.45) is 0 Å². The van der Waals surface area contributed by atoms with Crippen molar-refractivity contribution in [2.45, 2.75) is 19.3 Å². The lowest BCUT2D eigenvalue weighted by atomic mass is 9.99. The number of hydrogen-bond acceptors (Lipinski definition) is 3. The zero-order chi connectivity index (χ0) is 13.5. The van der Waals surface area contributed by atoms with Gasteiger partial charge in [-0.1, -0.05) is 12.1 Å². The number of carbonyl (C=O) groups is 1. The summed E-state index contributed by atoms with van der Waals surface area (Å²) >= 11 is 1.81. The van der Waals surface area contributed by atoms with Gasteiger partial charge in [-0.3, -0.25) is 4.79 Å². The molecule has 0 saturated carbocycles. The average molecular weight is 266 g/mol. The molecule has 0 spiro atoms. The number of anilines is 1. The molecule has 0 radical (unpaired) electrons. The Bertz CT molecular complexity index is 395. The van der Waals surface area contributed by atoms with Gasteiger partial charge in [-0.05, 0) is 43.0 Å². The molecule has 3 nitrogen and oxygen atoms in total. The first-order valence-corrected chi connectivity index (χ1v) is 7.55. The van der Waals surface area contributed by atoms with Crippen molar-refractivity contribution < 1.29 is 4.79 Å². The van der Waals surface area contributed by atoms with E-state index in [0.29, 0.717) is 5.69 Å². The summed E-state index contributed by atoms with van der Waals surface area (Å²) in [7, 11) is 1.87. The molecule has 0 heterocycles. The van der Waals surface area contributed by atoms with E-state index in [2.05, 4.69) is 6.26 Å². The van der Waals surface area contributed by atoms with E-state index >= 15 is 0 Å². The quantitative estimate of drug-likeness (QED) is 0.636. The minimum Gasteiger partial charge on any atom is -0.399 e. The number of thioether (sulfide) groups is 1. The first-order valence-electron chi connectivity index (χ1n) is 6.15. The summed E-state index contributed by atoms with van der Waals surface area (Å²) in [6, 6.07) is 7.55. The summed E-state index contributed by atoms with van der Waals surface area (Å²) in [6.07, 6.45) is 3.12. The second-order valence-electron chi connectivity index (χ2n) is 4.50. The fourth-order valence-corrected chi connectivity index (χ4v) is 2.28. The second kappa shape index (κ2) is 7.31. The van der Waals surface area contributed by atoms with E-state index in [9.17, 15) is 4.79 Å². The molecule has 18 heavy (non-hydrogen) atoms. The van der Waals surface area contributed by atoms with E-state index in [-0.39, 0.29) is 11.8 Å². The van der Waals surface area contributed by atoms with Crippen molar-refractivity contribution in [2.75, 3.05) is 31.3 Å². The molecule has 100 valence electrons. The third-order valence-electron chi connectivity index (χ3n) is 3.00. The zero-order valence-electron chi connectivity index (χ0n) is 11.3. The Morgan fingerprint density at radius 2 is 2.22 bits per heavy atom. The summed E-state index contributed by atoms with van der Waals surface area (Å²) in [5, 5.41) is 0. The number of amides is 1. The van der Waals surface area contributed by atoms with Crippen LogP contribution in [0.4, 0.5) is 5.69 Å². The van der Waals surface area contributed by atoms with Crippen molar-refractivity contribution in [3.63, 3.8) is 0 Å². The highest BCUT2D eigenvalue weighted by atomic mass is 32.2. The molecular weight excluding hydrogens is 244 g/mol. The Kier molecular flexibility index (Phi) is 6.05. The molecular formula is C14H22N2OS. The fourth-order valence-electron chi connectivity index (χ4n) is 1.86. The van der Waals surface area contributed by atoms with Gasteiger partial charge in [0.25, 0.3) is 0 Å². The molecule has 0 fully saturated rings. The lowest BCUT2D eigenvalue weighted by molar-refractivity contribution is -0.131. The van der Waals surface area contributed by atoms with E-state index in [1.54, 1.807) is 0 Å². The SMILES string of the molecule is CSCCCN(C)C(=O)C(C)c1cccc(N)c1. The standard InChI is InChI=1S/C14H22N2OS/c1-11(12-6-4-7-13(15)10-12)14(17)16(2)8-5-9-18-3/h4,6-7,10-11H,5,8-9,15H2,1-3H3. The van der Waals surface area contributed by atoms with Gasteiger partial charge < -0.3 is 10.6 Å². The van der Waals surface area contributed by atoms with Gasteiger partial charge in [-0.2, -0.15) is 11.8 Å². The van der Waals surface area contributed by atoms with Crippen molar-refractivity contribution in [3.05, 3.63) is 29.8 Å². The molecule has 1 amide bonds. The lowest BCUT2D eigenvalue weighted by Gasteiger charge is -2.21. The highest BCUT2D eigenvalue weighted by molar-refractivity contribution is 7.98. The van der Waals surface area contributed by atoms with E-state index in [1.807, 2.05) is 54.9 Å². The largest absolute Gasteiger partial charge is 0.399 e. The number of hydrogen-bond donors (Lipinski definition) is 1. The van der Waals surface area contributed by atoms with Gasteiger partial charge in [0, 0.05) is 19.3 Å². The number of benzene rings is 1. The summed E-state index contributed by atoms with van der Waals surface area (Å²) in [6.45, 7) is 2.74. The van der Waals surface area contributed by atoms with Crippen LogP contribution < -0.4 is 5.73 Å². The molecule has 0 aromatic heterocycles. The number of nitrogen functional groups attached to an aromatic ring is 1. The van der Waals surface area contributed by atoms with Crippen LogP contribution in [0, 0.1) is 0 Å². The van der Waals surface area contributed by atoms with Gasteiger partial charge in [0.05, 0.1) is 5.92 Å². The fraction of sp³-hybridized carbons (Fsp3) is 0.500. The number of nitrogens with two attached hydrogens (primary N) is 1. The van der Waals surface area contributed by atoms with Crippen LogP contribution in [0.5, 0.6) is 0 Å². The molecule has 1 aromatic carbocycles. The smallest absolute Gasteiger partial charge is 0.229 e. The molecule has 1 rings (SSSR count). The van der Waals surface area contributed by atoms with E-state index in [4.69, 9.17) is 5.73 Å². The van der Waals surface area contributed by atoms with Crippen LogP contribution in [0.1, 0.15) is 24.8 Å². The highest BCUT2D eigenvalue weighted by Gasteiger charge is 2.18. The third-order valence-corrected chi connectivity index (χ3v) is 3.70. The van der Waals surface area contributed by atoms with Crippen LogP contribution in [0.15, 0.2) is 24.3 Å². The molecule has 4 heteroatoms. The predicted octanol–water partition coefficient (Wildman–Crippen LogP) is 2.58. The monoisotopic (exact) mass is 266 g/mol. The summed E-state index contributed by atoms with van der Waals surface area (Å²) in [4.78, 5) is 14.0. The number of likely N-dealkylation sites (N-methyl/N-ethyl adjacent to an activating group) is 1. The summed E-state index contributed by atoms with van der Waals surface area (Å²) in [5.74, 6) is 1.11. The maximum Gasteiger partial charge on any atom is 0.229 e. The van der Waals surface area contributed by atoms with Gasteiger partial charge in [0.1, 0.15) is 0 Å². The second-order valence-corrected chi connectivity index (χ2v) is 5.48. The number of carbonyl (C=O) groups excluding carboxylic acids is 1. The Hall–Kier alpha value is -1.16. The van der Waals surface area contributed by atoms with Gasteiger partial charge in [0.2, 0.25) is 5.91 Å². The van der Waals surface area contributed by atoms with Gasteiger partial charge in [-0.15, -0.1) is 0 Å². The first-order chi connectivity index (χ1) is 8.56. The van der Waals surface area contributed by atoms with E-state index in [1.165, 1.54) is 0 Å². The molecule has 0 aliphatic carbocycles. The third kappa shape index (κ3) is 4.26. The van der Waals surface area contributed by atoms with Crippen LogP contribution in [0.25, 0.3) is 0 Å². The molecule has 1 atom stereocenters. The molecule has 0 aliphatic rings. The molecule has 1 unspecified atom stereocenters. The van der Waals surface area contributed by atoms with Gasteiger partial charge in [0.15, 0.2) is 0 Å². The summed E-state index contributed by atoms with van der Waals surface area (Å²) < 4.78 is 0. The lowest BCUT2D eigenvalue weighted by Crippen LogP contribution is -2.31. The van der Waals surface area contributed by atoms with E-state index < -0.39 is 0 Å². The van der Waals surface area contributed by atoms with Gasteiger partial charge >= 0.3 is 0 Å². The van der Waals surface area contributed by atoms with Crippen molar-refractivity contribution in [3.8, 4) is 0 Å². The summed E-state index contributed by atoms with van der Waals surface area (Å²) in [5.41, 5.74) is 7.43. The topological polar surface area (TPSA) is 46.3 Å². The van der Waals surface area contributed by atoms with Crippen LogP contribution in [0.2, 0.25) is 0 Å². The number of rotatable bonds is 6. The maximum atomic E-state index is 12.2. The average Bonchev–Trinajstić information content (AvgIpc) is 2.37. The molecule has 0 bridgehead atoms. The number of nitrogens with zero attached hydrogens (tertiary/aromatic N) is 1. The molecule has 0 aliphatic heterocycles. The minimum atomic E-state index is -0.132. The zero-order valence-corrected chi connectivity index (χ0v) is 12.2. The molecule has 2 N–H and O–H groups in total. The molecule has 0 saturated heterocycles. The minimum absolute atomic E-state index is 0.132. The van der Waals surface area contributed by atoms with Crippen molar-refractivity contribution in [1.29, 1.82) is 0 Å². The predicted molar refractivity (Wildman–Crippen MR) is 79.9 cm³/mol. The Morgan fingerprint density at radius 3 is 2.83 bits per heavy atom. The van der Waals surface area contributed by atoms with Gasteiger partial charge in [-0.25, -0.2) is 0 Å². The van der Waals surface area contributed by atoms with Crippen molar-refractivity contribution in [1.82, 2.24) is 4.90 Å². The first kappa shape index (κ1) is 14.9. The Balaban J connectivity index is 2.60. The van der Waals surface area contributed by atoms with Crippen LogP contribution in [-0.2, 0) is 4.79 Å². The van der Waals surface area contributed by atoms with E-state index in [0.717, 1.165) is 24.3 Å². The molecule has 1 aromatic rings. The highest BCUT2D eigenvalue weighted by Crippen LogP contribution is 2.19. The van der Waals surface area contributed by atoms with Crippen molar-refractivity contribution >= 4 is 23.4 Å². The van der Waals surface area contributed by atoms with Crippen LogP contribution >= 0.6 is 11.8 Å². The van der Waals surface area contributed by atoms with Crippen LogP contribution in [0.3, 0.4) is 0 Å².